The number of nitrogens with one attached hydrogen (secondary N) is 1. The number of hydrogen-bond acceptors (Lipinski definition) is 4. The smallest absolute Gasteiger partial charge is 0.321 e. The molecule has 8 nitrogen and oxygen atoms in total. The Morgan fingerprint density at radius 1 is 1.00 bits per heavy atom. The van der Waals surface area contributed by atoms with Crippen LogP contribution in [0.1, 0.15) is 5.56 Å². The number of para-hydroxylation sites is 1. The normalized spacial score (nSPS) is 14.1. The van der Waals surface area contributed by atoms with Gasteiger partial charge in [-0.2, -0.15) is 0 Å². The molecule has 0 spiro atoms. The first-order valence-corrected chi connectivity index (χ1v) is 8.96. The van der Waals surface area contributed by atoms with Crippen LogP contribution >= 0.6 is 0 Å². The summed E-state index contributed by atoms with van der Waals surface area (Å²) in [5, 5.41) is 13.7. The average molecular weight is 398 g/mol. The van der Waals surface area contributed by atoms with Gasteiger partial charge < -0.3 is 15.1 Å². The summed E-state index contributed by atoms with van der Waals surface area (Å²) in [5.74, 6) is -0.661. The van der Waals surface area contributed by atoms with Gasteiger partial charge in [0.25, 0.3) is 5.69 Å². The number of rotatable bonds is 4. The van der Waals surface area contributed by atoms with Crippen molar-refractivity contribution in [2.75, 3.05) is 31.5 Å². The zero-order chi connectivity index (χ0) is 20.8. The lowest BCUT2D eigenvalue weighted by Gasteiger charge is -2.34. The summed E-state index contributed by atoms with van der Waals surface area (Å²) < 4.78 is 12.9. The van der Waals surface area contributed by atoms with Gasteiger partial charge in [-0.1, -0.05) is 12.1 Å². The number of amides is 3. The van der Waals surface area contributed by atoms with Crippen LogP contribution in [0.2, 0.25) is 0 Å². The number of carbonyl (C=O) groups excluding carboxylic acids is 2. The van der Waals surface area contributed by atoms with E-state index in [0.29, 0.717) is 37.4 Å². The van der Waals surface area contributed by atoms with Crippen LogP contribution < -0.4 is 5.32 Å². The zero-order valence-corrected chi connectivity index (χ0v) is 15.5. The quantitative estimate of drug-likeness (QED) is 0.486. The molecule has 1 saturated heterocycles. The van der Waals surface area contributed by atoms with E-state index in [4.69, 9.17) is 0 Å². The summed E-state index contributed by atoms with van der Waals surface area (Å²) in [6.07, 6.45) is 2.73. The van der Waals surface area contributed by atoms with Crippen molar-refractivity contribution >= 4 is 29.4 Å². The van der Waals surface area contributed by atoms with Gasteiger partial charge in [0.15, 0.2) is 0 Å². The summed E-state index contributed by atoms with van der Waals surface area (Å²) in [4.78, 5) is 38.3. The molecule has 1 heterocycles. The maximum Gasteiger partial charge on any atom is 0.321 e. The molecule has 3 amide bonds. The minimum atomic E-state index is -0.497. The van der Waals surface area contributed by atoms with Crippen molar-refractivity contribution in [2.45, 2.75) is 0 Å². The second-order valence-corrected chi connectivity index (χ2v) is 6.40. The molecule has 1 aliphatic rings. The number of urea groups is 1. The second-order valence-electron chi connectivity index (χ2n) is 6.40. The van der Waals surface area contributed by atoms with Crippen molar-refractivity contribution in [1.29, 1.82) is 0 Å². The fraction of sp³-hybridized carbons (Fsp3) is 0.200. The third kappa shape index (κ3) is 5.16. The molecule has 1 N–H and O–H groups in total. The lowest BCUT2D eigenvalue weighted by molar-refractivity contribution is -0.385. The summed E-state index contributed by atoms with van der Waals surface area (Å²) in [6.45, 7) is 1.38. The number of halogens is 1. The molecular weight excluding hydrogens is 379 g/mol. The number of piperazine rings is 1. The van der Waals surface area contributed by atoms with Crippen molar-refractivity contribution in [1.82, 2.24) is 9.80 Å². The molecule has 0 saturated carbocycles. The minimum absolute atomic E-state index is 0.0705. The molecule has 1 fully saturated rings. The number of nitro benzene ring substituents is 1. The standard InChI is InChI=1S/C20H19FN4O4/c21-16-6-8-17(9-7-16)22-20(27)24-13-11-23(12-14-24)19(26)10-5-15-3-1-2-4-18(15)25(28)29/h1-10H,11-14H2,(H,22,27). The molecule has 29 heavy (non-hydrogen) atoms. The maximum absolute atomic E-state index is 12.9. The molecule has 2 aromatic carbocycles. The molecule has 0 aromatic heterocycles. The molecule has 3 rings (SSSR count). The van der Waals surface area contributed by atoms with Gasteiger partial charge in [0, 0.05) is 44.0 Å². The number of hydrogen-bond donors (Lipinski definition) is 1. The Kier molecular flexibility index (Phi) is 6.18. The van der Waals surface area contributed by atoms with Crippen LogP contribution in [0.25, 0.3) is 6.08 Å². The van der Waals surface area contributed by atoms with E-state index >= 15 is 0 Å². The first-order chi connectivity index (χ1) is 13.9. The Hall–Kier alpha value is -3.75. The lowest BCUT2D eigenvalue weighted by Crippen LogP contribution is -2.51. The maximum atomic E-state index is 12.9. The van der Waals surface area contributed by atoms with Crippen LogP contribution in [0.3, 0.4) is 0 Å². The molecule has 1 aliphatic heterocycles. The lowest BCUT2D eigenvalue weighted by atomic mass is 10.1. The predicted octanol–water partition coefficient (Wildman–Crippen LogP) is 3.12. The van der Waals surface area contributed by atoms with Crippen LogP contribution in [0.4, 0.5) is 20.6 Å². The Labute approximate surface area is 166 Å². The number of nitro groups is 1. The highest BCUT2D eigenvalue weighted by Crippen LogP contribution is 2.19. The Morgan fingerprint density at radius 3 is 2.28 bits per heavy atom. The first kappa shape index (κ1) is 20.0. The highest BCUT2D eigenvalue weighted by atomic mass is 19.1. The van der Waals surface area contributed by atoms with Gasteiger partial charge in [-0.3, -0.25) is 14.9 Å². The molecule has 150 valence electrons. The average Bonchev–Trinajstić information content (AvgIpc) is 2.74. The Bertz CT molecular complexity index is 938. The Morgan fingerprint density at radius 2 is 1.62 bits per heavy atom. The summed E-state index contributed by atoms with van der Waals surface area (Å²) in [6, 6.07) is 11.3. The van der Waals surface area contributed by atoms with Gasteiger partial charge in [0.05, 0.1) is 10.5 Å². The molecule has 2 aromatic rings. The van der Waals surface area contributed by atoms with Crippen molar-refractivity contribution < 1.29 is 18.9 Å². The number of carbonyl (C=O) groups is 2. The van der Waals surface area contributed by atoms with Crippen LogP contribution in [0.5, 0.6) is 0 Å². The molecule has 0 bridgehead atoms. The van der Waals surface area contributed by atoms with E-state index in [9.17, 15) is 24.1 Å². The van der Waals surface area contributed by atoms with Crippen LogP contribution in [-0.2, 0) is 4.79 Å². The second kappa shape index (κ2) is 8.96. The summed E-state index contributed by atoms with van der Waals surface area (Å²) in [5.41, 5.74) is 0.768. The largest absolute Gasteiger partial charge is 0.336 e. The SMILES string of the molecule is O=C(C=Cc1ccccc1[N+](=O)[O-])N1CCN(C(=O)Nc2ccc(F)cc2)CC1. The first-order valence-electron chi connectivity index (χ1n) is 8.96. The molecule has 0 atom stereocenters. The topological polar surface area (TPSA) is 95.8 Å². The monoisotopic (exact) mass is 398 g/mol. The van der Waals surface area contributed by atoms with Gasteiger partial charge in [-0.25, -0.2) is 9.18 Å². The molecule has 0 unspecified atom stereocenters. The van der Waals surface area contributed by atoms with Gasteiger partial charge in [0.1, 0.15) is 5.82 Å². The van der Waals surface area contributed by atoms with Gasteiger partial charge >= 0.3 is 6.03 Å². The van der Waals surface area contributed by atoms with E-state index in [-0.39, 0.29) is 23.4 Å². The third-order valence-electron chi connectivity index (χ3n) is 4.51. The van der Waals surface area contributed by atoms with E-state index in [2.05, 4.69) is 5.32 Å². The van der Waals surface area contributed by atoms with E-state index in [1.165, 1.54) is 42.5 Å². The van der Waals surface area contributed by atoms with E-state index in [0.717, 1.165) is 0 Å². The van der Waals surface area contributed by atoms with E-state index < -0.39 is 4.92 Å². The van der Waals surface area contributed by atoms with Crippen LogP contribution in [0.15, 0.2) is 54.6 Å². The number of benzene rings is 2. The number of nitrogens with zero attached hydrogens (tertiary/aromatic N) is 3. The van der Waals surface area contributed by atoms with Crippen LogP contribution in [-0.4, -0.2) is 52.8 Å². The zero-order valence-electron chi connectivity index (χ0n) is 15.5. The molecule has 9 heteroatoms. The van der Waals surface area contributed by atoms with E-state index in [1.807, 2.05) is 0 Å². The fourth-order valence-electron chi connectivity index (χ4n) is 2.93. The fourth-order valence-corrected chi connectivity index (χ4v) is 2.93. The summed E-state index contributed by atoms with van der Waals surface area (Å²) in [7, 11) is 0. The third-order valence-corrected chi connectivity index (χ3v) is 4.51. The number of anilines is 1. The van der Waals surface area contributed by atoms with Crippen molar-refractivity contribution in [2.24, 2.45) is 0 Å². The van der Waals surface area contributed by atoms with Crippen molar-refractivity contribution in [3.05, 3.63) is 76.1 Å². The molecule has 0 radical (unpaired) electrons. The van der Waals surface area contributed by atoms with Crippen molar-refractivity contribution in [3.63, 3.8) is 0 Å². The van der Waals surface area contributed by atoms with Crippen molar-refractivity contribution in [3.8, 4) is 0 Å². The van der Waals surface area contributed by atoms with E-state index in [1.54, 1.807) is 28.0 Å². The van der Waals surface area contributed by atoms with Crippen LogP contribution in [0, 0.1) is 15.9 Å². The summed E-state index contributed by atoms with van der Waals surface area (Å²) >= 11 is 0. The highest BCUT2D eigenvalue weighted by molar-refractivity contribution is 5.93. The van der Waals surface area contributed by atoms with Gasteiger partial charge in [0.2, 0.25) is 5.91 Å². The van der Waals surface area contributed by atoms with Gasteiger partial charge in [-0.15, -0.1) is 0 Å². The minimum Gasteiger partial charge on any atom is -0.336 e. The Balaban J connectivity index is 1.53. The molecular formula is C20H19FN4O4. The molecule has 0 aliphatic carbocycles. The van der Waals surface area contributed by atoms with Gasteiger partial charge in [-0.05, 0) is 36.4 Å². The highest BCUT2D eigenvalue weighted by Gasteiger charge is 2.23. The predicted molar refractivity (Wildman–Crippen MR) is 106 cm³/mol.